The van der Waals surface area contributed by atoms with E-state index >= 15 is 0 Å². The molecular weight excluding hydrogens is 417 g/mol. The van der Waals surface area contributed by atoms with Crippen molar-refractivity contribution in [2.45, 2.75) is 12.5 Å². The number of benzene rings is 2. The second-order valence-electron chi connectivity index (χ2n) is 4.33. The highest BCUT2D eigenvalue weighted by Gasteiger charge is 2.09. The zero-order chi connectivity index (χ0) is 13.8. The number of rotatable bonds is 4. The van der Waals surface area contributed by atoms with E-state index in [0.29, 0.717) is 0 Å². The number of hydrogen-bond acceptors (Lipinski definition) is 2. The maximum Gasteiger partial charge on any atom is 0.133 e. The Morgan fingerprint density at radius 2 is 1.89 bits per heavy atom. The number of hydrogen-bond donors (Lipinski definition) is 1. The molecule has 0 saturated heterocycles. The molecule has 0 heterocycles. The average molecular weight is 432 g/mol. The molecule has 0 bridgehead atoms. The first kappa shape index (κ1) is 14.8. The monoisotopic (exact) mass is 431 g/mol. The van der Waals surface area contributed by atoms with Crippen molar-refractivity contribution in [1.29, 1.82) is 0 Å². The zero-order valence-corrected chi connectivity index (χ0v) is 14.3. The molecule has 4 heteroatoms. The fraction of sp³-hybridized carbons (Fsp3) is 0.200. The Morgan fingerprint density at radius 3 is 2.47 bits per heavy atom. The Kier molecular flexibility index (Phi) is 5.24. The van der Waals surface area contributed by atoms with Gasteiger partial charge < -0.3 is 10.5 Å². The van der Waals surface area contributed by atoms with E-state index in [9.17, 15) is 0 Å². The summed E-state index contributed by atoms with van der Waals surface area (Å²) >= 11 is 5.79. The Labute approximate surface area is 135 Å². The van der Waals surface area contributed by atoms with Crippen molar-refractivity contribution in [2.24, 2.45) is 5.73 Å². The lowest BCUT2D eigenvalue weighted by atomic mass is 10.00. The predicted octanol–water partition coefficient (Wildman–Crippen LogP) is 4.30. The van der Waals surface area contributed by atoms with Crippen molar-refractivity contribution in [1.82, 2.24) is 0 Å². The molecule has 2 aromatic rings. The van der Waals surface area contributed by atoms with Gasteiger partial charge in [-0.25, -0.2) is 0 Å². The van der Waals surface area contributed by atoms with Crippen LogP contribution in [0.15, 0.2) is 46.9 Å². The summed E-state index contributed by atoms with van der Waals surface area (Å²) in [5, 5.41) is 0. The lowest BCUT2D eigenvalue weighted by molar-refractivity contribution is 0.412. The van der Waals surface area contributed by atoms with Crippen molar-refractivity contribution in [3.8, 4) is 5.75 Å². The minimum absolute atomic E-state index is 0.0118. The SMILES string of the molecule is COc1ccc(C(N)Cc2ccc(I)cc2)cc1Br. The van der Waals surface area contributed by atoms with Gasteiger partial charge in [0.05, 0.1) is 11.6 Å². The first-order valence-corrected chi connectivity index (χ1v) is 7.81. The van der Waals surface area contributed by atoms with Gasteiger partial charge >= 0.3 is 0 Å². The minimum Gasteiger partial charge on any atom is -0.496 e. The third-order valence-corrected chi connectivity index (χ3v) is 4.31. The summed E-state index contributed by atoms with van der Waals surface area (Å²) in [4.78, 5) is 0. The molecule has 2 aromatic carbocycles. The van der Waals surface area contributed by atoms with E-state index in [1.54, 1.807) is 7.11 Å². The molecular formula is C15H15BrINO. The molecule has 0 aliphatic rings. The van der Waals surface area contributed by atoms with E-state index in [1.165, 1.54) is 9.13 Å². The summed E-state index contributed by atoms with van der Waals surface area (Å²) in [7, 11) is 1.66. The maximum absolute atomic E-state index is 6.26. The minimum atomic E-state index is -0.0118. The van der Waals surface area contributed by atoms with Crippen molar-refractivity contribution in [3.05, 3.63) is 61.6 Å². The number of halogens is 2. The Morgan fingerprint density at radius 1 is 1.21 bits per heavy atom. The highest BCUT2D eigenvalue weighted by atomic mass is 127. The van der Waals surface area contributed by atoms with Gasteiger partial charge in [0.1, 0.15) is 5.75 Å². The van der Waals surface area contributed by atoms with Crippen LogP contribution in [-0.4, -0.2) is 7.11 Å². The highest BCUT2D eigenvalue weighted by molar-refractivity contribution is 14.1. The Bertz CT molecular complexity index is 557. The van der Waals surface area contributed by atoms with Crippen molar-refractivity contribution < 1.29 is 4.74 Å². The lowest BCUT2D eigenvalue weighted by Gasteiger charge is -2.14. The molecule has 0 aliphatic carbocycles. The van der Waals surface area contributed by atoms with E-state index in [1.807, 2.05) is 18.2 Å². The molecule has 0 saturated carbocycles. The molecule has 2 nitrogen and oxygen atoms in total. The first-order chi connectivity index (χ1) is 9.10. The standard InChI is InChI=1S/C15H15BrINO/c1-19-15-7-4-11(9-13(15)16)14(18)8-10-2-5-12(17)6-3-10/h2-7,9,14H,8,18H2,1H3. The van der Waals surface area contributed by atoms with Crippen molar-refractivity contribution >= 4 is 38.5 Å². The smallest absolute Gasteiger partial charge is 0.133 e. The second kappa shape index (κ2) is 6.72. The van der Waals surface area contributed by atoms with Crippen LogP contribution in [0.5, 0.6) is 5.75 Å². The summed E-state index contributed by atoms with van der Waals surface area (Å²) in [6, 6.07) is 14.4. The van der Waals surface area contributed by atoms with Crippen LogP contribution >= 0.6 is 38.5 Å². The molecule has 0 aliphatic heterocycles. The van der Waals surface area contributed by atoms with Crippen LogP contribution in [0.3, 0.4) is 0 Å². The number of methoxy groups -OCH3 is 1. The van der Waals surface area contributed by atoms with Gasteiger partial charge in [0, 0.05) is 9.61 Å². The van der Waals surface area contributed by atoms with Crippen LogP contribution < -0.4 is 10.5 Å². The molecule has 0 amide bonds. The molecule has 0 spiro atoms. The third kappa shape index (κ3) is 3.94. The molecule has 0 aromatic heterocycles. The predicted molar refractivity (Wildman–Crippen MR) is 90.5 cm³/mol. The molecule has 19 heavy (non-hydrogen) atoms. The summed E-state index contributed by atoms with van der Waals surface area (Å²) < 4.78 is 7.40. The number of nitrogens with two attached hydrogens (primary N) is 1. The summed E-state index contributed by atoms with van der Waals surface area (Å²) in [5.41, 5.74) is 8.61. The van der Waals surface area contributed by atoms with Gasteiger partial charge in [-0.3, -0.25) is 0 Å². The Balaban J connectivity index is 2.13. The summed E-state index contributed by atoms with van der Waals surface area (Å²) in [6.45, 7) is 0. The molecule has 1 unspecified atom stereocenters. The van der Waals surface area contributed by atoms with Crippen molar-refractivity contribution in [3.63, 3.8) is 0 Å². The maximum atomic E-state index is 6.26. The van der Waals surface area contributed by atoms with Gasteiger partial charge in [0.2, 0.25) is 0 Å². The van der Waals surface area contributed by atoms with Crippen LogP contribution in [0.2, 0.25) is 0 Å². The fourth-order valence-corrected chi connectivity index (χ4v) is 2.82. The van der Waals surface area contributed by atoms with E-state index in [2.05, 4.69) is 62.8 Å². The lowest BCUT2D eigenvalue weighted by Crippen LogP contribution is -2.13. The van der Waals surface area contributed by atoms with Crippen LogP contribution in [0.25, 0.3) is 0 Å². The quantitative estimate of drug-likeness (QED) is 0.732. The van der Waals surface area contributed by atoms with E-state index in [0.717, 1.165) is 22.2 Å². The van der Waals surface area contributed by atoms with Gasteiger partial charge in [0.25, 0.3) is 0 Å². The third-order valence-electron chi connectivity index (χ3n) is 2.97. The largest absolute Gasteiger partial charge is 0.496 e. The van der Waals surface area contributed by atoms with Crippen molar-refractivity contribution in [2.75, 3.05) is 7.11 Å². The van der Waals surface area contributed by atoms with Crippen LogP contribution in [-0.2, 0) is 6.42 Å². The molecule has 0 fully saturated rings. The van der Waals surface area contributed by atoms with E-state index in [4.69, 9.17) is 10.5 Å². The summed E-state index contributed by atoms with van der Waals surface area (Å²) in [5.74, 6) is 0.824. The second-order valence-corrected chi connectivity index (χ2v) is 6.43. The molecule has 2 N–H and O–H groups in total. The first-order valence-electron chi connectivity index (χ1n) is 5.93. The normalized spacial score (nSPS) is 12.2. The Hall–Kier alpha value is -0.590. The molecule has 1 atom stereocenters. The van der Waals surface area contributed by atoms with Crippen LogP contribution in [0, 0.1) is 3.57 Å². The van der Waals surface area contributed by atoms with Gasteiger partial charge in [-0.1, -0.05) is 18.2 Å². The van der Waals surface area contributed by atoms with E-state index < -0.39 is 0 Å². The topological polar surface area (TPSA) is 35.2 Å². The number of ether oxygens (including phenoxy) is 1. The van der Waals surface area contributed by atoms with Gasteiger partial charge in [0.15, 0.2) is 0 Å². The van der Waals surface area contributed by atoms with Crippen LogP contribution in [0.1, 0.15) is 17.2 Å². The van der Waals surface area contributed by atoms with Gasteiger partial charge in [-0.05, 0) is 80.3 Å². The molecule has 0 radical (unpaired) electrons. The van der Waals surface area contributed by atoms with Gasteiger partial charge in [-0.15, -0.1) is 0 Å². The molecule has 2 rings (SSSR count). The highest BCUT2D eigenvalue weighted by Crippen LogP contribution is 2.28. The van der Waals surface area contributed by atoms with Gasteiger partial charge in [-0.2, -0.15) is 0 Å². The van der Waals surface area contributed by atoms with E-state index in [-0.39, 0.29) is 6.04 Å². The fourth-order valence-electron chi connectivity index (χ4n) is 1.91. The van der Waals surface area contributed by atoms with Crippen LogP contribution in [0.4, 0.5) is 0 Å². The average Bonchev–Trinajstić information content (AvgIpc) is 2.41. The molecule has 100 valence electrons. The summed E-state index contributed by atoms with van der Waals surface area (Å²) in [6.07, 6.45) is 0.829. The zero-order valence-electron chi connectivity index (χ0n) is 10.6.